The van der Waals surface area contributed by atoms with E-state index in [1.165, 1.54) is 15.3 Å². The Kier molecular flexibility index (Phi) is 15.4. The number of aliphatic imine (C=N–C) groups is 1. The number of likely N-dealkylation sites (tertiary alicyclic amines) is 1. The monoisotopic (exact) mass is 964 g/mol. The number of thiophene rings is 1. The number of β-amino-alcohol motifs (C(OH)–C–C–N with tert-alkyl or cyclic N) is 1. The zero-order valence-corrected chi connectivity index (χ0v) is 41.7. The molecule has 2 aliphatic heterocycles. The van der Waals surface area contributed by atoms with Gasteiger partial charge in [-0.1, -0.05) is 75.4 Å². The van der Waals surface area contributed by atoms with Crippen molar-refractivity contribution in [3.8, 4) is 16.2 Å². The number of benzene rings is 4. The molecule has 4 heterocycles. The maximum atomic E-state index is 14.1. The number of carbonyl (C=O) groups excluding carboxylic acids is 4. The van der Waals surface area contributed by atoms with Gasteiger partial charge in [0.05, 0.1) is 24.3 Å². The fraction of sp³-hybridized carbons (Fsp3) is 0.375. The molecule has 6 aromatic rings. The molecule has 0 aliphatic carbocycles. The van der Waals surface area contributed by atoms with Crippen molar-refractivity contribution in [3.63, 3.8) is 0 Å². The highest BCUT2D eigenvalue weighted by atomic mass is 32.1. The average molecular weight is 965 g/mol. The molecule has 4 atom stereocenters. The zero-order valence-electron chi connectivity index (χ0n) is 40.9. The first-order chi connectivity index (χ1) is 33.6. The normalized spacial score (nSPS) is 17.4. The Hall–Kier alpha value is -6.61. The minimum absolute atomic E-state index is 0.00632. The first kappa shape index (κ1) is 49.8. The number of amides is 4. The largest absolute Gasteiger partial charge is 0.494 e. The van der Waals surface area contributed by atoms with Crippen LogP contribution in [0.25, 0.3) is 37.8 Å². The van der Waals surface area contributed by atoms with E-state index in [-0.39, 0.29) is 38.1 Å². The van der Waals surface area contributed by atoms with Gasteiger partial charge in [-0.2, -0.15) is 0 Å². The van der Waals surface area contributed by atoms with E-state index >= 15 is 0 Å². The van der Waals surface area contributed by atoms with Crippen LogP contribution >= 0.6 is 11.3 Å². The second kappa shape index (κ2) is 21.6. The second-order valence-corrected chi connectivity index (χ2v) is 20.6. The van der Waals surface area contributed by atoms with Crippen LogP contribution in [0.3, 0.4) is 0 Å². The molecule has 70 heavy (non-hydrogen) atoms. The van der Waals surface area contributed by atoms with Gasteiger partial charge < -0.3 is 40.4 Å². The predicted molar refractivity (Wildman–Crippen MR) is 278 cm³/mol. The van der Waals surface area contributed by atoms with Crippen LogP contribution in [0.2, 0.25) is 0 Å². The predicted octanol–water partition coefficient (Wildman–Crippen LogP) is 8.60. The summed E-state index contributed by atoms with van der Waals surface area (Å²) in [6.07, 6.45) is 3.35. The summed E-state index contributed by atoms with van der Waals surface area (Å²) in [5.74, 6) is -1.04. The molecule has 2 aliphatic rings. The number of nitrogens with two attached hydrogens (primary N) is 1. The maximum absolute atomic E-state index is 14.1. The van der Waals surface area contributed by atoms with Gasteiger partial charge in [0.15, 0.2) is 0 Å². The van der Waals surface area contributed by atoms with Crippen LogP contribution in [0.15, 0.2) is 107 Å². The number of ether oxygens (including phenoxy) is 2. The minimum atomic E-state index is -0.952. The molecular weight excluding hydrogens is 901 g/mol. The minimum Gasteiger partial charge on any atom is -0.494 e. The number of unbranched alkanes of at least 4 members (excludes halogenated alkanes) is 2. The molecular formula is C56H64N6O7S. The van der Waals surface area contributed by atoms with Crippen molar-refractivity contribution in [2.75, 3.05) is 26.4 Å². The molecule has 0 bridgehead atoms. The SMILES string of the molecule is CC1=C(c2cc(C(N)=O)c3c4cc(OCCCCCOCC(=O)N[C@H](C(=O)N5C[C@H](O)C[C@H]5C(=O)NCc5ccc(-c6sccc6C)cc5)C(C)(C)C)ccc4n(Cc4ccccc4)c3c2)C(C)N=C1. The molecule has 366 valence electrons. The molecule has 2 aromatic heterocycles. The van der Waals surface area contributed by atoms with E-state index < -0.39 is 41.3 Å². The average Bonchev–Trinajstić information content (AvgIpc) is 4.11. The Morgan fingerprint density at radius 1 is 0.900 bits per heavy atom. The van der Waals surface area contributed by atoms with Crippen LogP contribution in [-0.4, -0.2) is 95.0 Å². The Balaban J connectivity index is 0.828. The number of aliphatic hydroxyl groups is 1. The number of carbonyl (C=O) groups is 4. The number of hydrogen-bond donors (Lipinski definition) is 4. The highest BCUT2D eigenvalue weighted by Crippen LogP contribution is 2.39. The fourth-order valence-electron chi connectivity index (χ4n) is 9.66. The van der Waals surface area contributed by atoms with E-state index in [1.54, 1.807) is 11.3 Å². The van der Waals surface area contributed by atoms with Gasteiger partial charge in [-0.05, 0) is 126 Å². The summed E-state index contributed by atoms with van der Waals surface area (Å²) in [6, 6.07) is 28.5. The van der Waals surface area contributed by atoms with E-state index in [2.05, 4.69) is 63.7 Å². The number of nitrogens with zero attached hydrogens (tertiary/aromatic N) is 3. The molecule has 0 saturated carbocycles. The smallest absolute Gasteiger partial charge is 0.249 e. The van der Waals surface area contributed by atoms with Crippen molar-refractivity contribution in [3.05, 3.63) is 130 Å². The van der Waals surface area contributed by atoms with Gasteiger partial charge in [-0.15, -0.1) is 11.3 Å². The highest BCUT2D eigenvalue weighted by molar-refractivity contribution is 7.13. The number of nitrogens with one attached hydrogen (secondary N) is 2. The molecule has 13 nitrogen and oxygen atoms in total. The summed E-state index contributed by atoms with van der Waals surface area (Å²) >= 11 is 1.69. The lowest BCUT2D eigenvalue weighted by Crippen LogP contribution is -2.58. The van der Waals surface area contributed by atoms with E-state index in [9.17, 15) is 24.3 Å². The molecule has 14 heteroatoms. The summed E-state index contributed by atoms with van der Waals surface area (Å²) in [5, 5.41) is 20.2. The number of fused-ring (bicyclic) bond motifs is 3. The summed E-state index contributed by atoms with van der Waals surface area (Å²) in [5.41, 5.74) is 15.2. The third-order valence-electron chi connectivity index (χ3n) is 13.3. The van der Waals surface area contributed by atoms with Crippen LogP contribution in [-0.2, 0) is 32.2 Å². The lowest BCUT2D eigenvalue weighted by molar-refractivity contribution is -0.144. The molecule has 1 saturated heterocycles. The van der Waals surface area contributed by atoms with Crippen LogP contribution in [0.4, 0.5) is 0 Å². The molecule has 4 aromatic carbocycles. The first-order valence-corrected chi connectivity index (χ1v) is 25.0. The Morgan fingerprint density at radius 3 is 2.34 bits per heavy atom. The van der Waals surface area contributed by atoms with Crippen molar-refractivity contribution >= 4 is 68.6 Å². The molecule has 0 spiro atoms. The van der Waals surface area contributed by atoms with Crippen molar-refractivity contribution in [1.82, 2.24) is 20.1 Å². The molecule has 4 amide bonds. The molecule has 1 unspecified atom stereocenters. The van der Waals surface area contributed by atoms with E-state index in [0.29, 0.717) is 37.5 Å². The van der Waals surface area contributed by atoms with Crippen molar-refractivity contribution in [2.24, 2.45) is 16.1 Å². The van der Waals surface area contributed by atoms with E-state index in [4.69, 9.17) is 15.2 Å². The van der Waals surface area contributed by atoms with Crippen LogP contribution in [0.1, 0.15) is 92.9 Å². The van der Waals surface area contributed by atoms with Gasteiger partial charge in [0.2, 0.25) is 23.6 Å². The van der Waals surface area contributed by atoms with Crippen molar-refractivity contribution < 1.29 is 33.8 Å². The summed E-state index contributed by atoms with van der Waals surface area (Å²) in [4.78, 5) is 61.1. The van der Waals surface area contributed by atoms with E-state index in [0.717, 1.165) is 68.0 Å². The van der Waals surface area contributed by atoms with Crippen LogP contribution < -0.4 is 21.1 Å². The van der Waals surface area contributed by atoms with Gasteiger partial charge >= 0.3 is 0 Å². The van der Waals surface area contributed by atoms with Crippen LogP contribution in [0.5, 0.6) is 5.75 Å². The summed E-state index contributed by atoms with van der Waals surface area (Å²) in [6.45, 7) is 13.2. The molecule has 1 fully saturated rings. The second-order valence-electron chi connectivity index (χ2n) is 19.7. The fourth-order valence-corrected chi connectivity index (χ4v) is 10.6. The van der Waals surface area contributed by atoms with Gasteiger partial charge in [-0.3, -0.25) is 24.2 Å². The van der Waals surface area contributed by atoms with Gasteiger partial charge in [-0.25, -0.2) is 0 Å². The quantitative estimate of drug-likeness (QED) is 0.0588. The molecule has 8 rings (SSSR count). The third-order valence-corrected chi connectivity index (χ3v) is 14.4. The van der Waals surface area contributed by atoms with Crippen molar-refractivity contribution in [2.45, 2.75) is 105 Å². The lowest BCUT2D eigenvalue weighted by atomic mass is 9.85. The van der Waals surface area contributed by atoms with Gasteiger partial charge in [0, 0.05) is 65.6 Å². The third kappa shape index (κ3) is 11.2. The first-order valence-electron chi connectivity index (χ1n) is 24.1. The number of aliphatic hydroxyl groups excluding tert-OH is 1. The van der Waals surface area contributed by atoms with Crippen LogP contribution in [0, 0.1) is 12.3 Å². The zero-order chi connectivity index (χ0) is 49.7. The highest BCUT2D eigenvalue weighted by Gasteiger charge is 2.44. The topological polar surface area (TPSA) is 178 Å². The van der Waals surface area contributed by atoms with E-state index in [1.807, 2.05) is 101 Å². The Morgan fingerprint density at radius 2 is 1.66 bits per heavy atom. The Bertz CT molecular complexity index is 2950. The number of aromatic nitrogens is 1. The number of aryl methyl sites for hydroxylation is 1. The number of hydrogen-bond acceptors (Lipinski definition) is 9. The number of primary amides is 1. The lowest BCUT2D eigenvalue weighted by Gasteiger charge is -2.35. The van der Waals surface area contributed by atoms with Crippen molar-refractivity contribution in [1.29, 1.82) is 0 Å². The Labute approximate surface area is 413 Å². The standard InChI is InChI=1S/C56H64N6O7S/c1-34-21-24-70-51(34)39-17-15-37(16-18-39)30-59-54(66)47-27-41(63)32-62(47)55(67)52(56(4,5)6)60-48(64)33-68-22-11-8-12-23-69-42-19-20-45-43(28-42)50-44(53(57)65)25-40(49-35(2)29-58-36(49)3)26-46(50)61(45)31-38-13-9-7-10-14-38/h7,9-10,13-21,24-26,28-29,36,41,47,52,63H,8,11-12,22-23,27,30-33H2,1-6H3,(H2,57,65)(H,59,66)(H,60,64)/t36?,41-,47+,52-/m1/s1. The number of allylic oxidation sites excluding steroid dienone is 1. The molecule has 5 N–H and O–H groups in total. The summed E-state index contributed by atoms with van der Waals surface area (Å²) in [7, 11) is 0. The summed E-state index contributed by atoms with van der Waals surface area (Å²) < 4.78 is 14.2. The number of rotatable bonds is 19. The van der Waals surface area contributed by atoms with Gasteiger partial charge in [0.25, 0.3) is 0 Å². The maximum Gasteiger partial charge on any atom is 0.249 e. The molecule has 0 radical (unpaired) electrons. The van der Waals surface area contributed by atoms with Gasteiger partial charge in [0.1, 0.15) is 24.4 Å².